The Morgan fingerprint density at radius 3 is 2.59 bits per heavy atom. The fourth-order valence-corrected chi connectivity index (χ4v) is 3.12. The van der Waals surface area contributed by atoms with Crippen molar-refractivity contribution in [3.63, 3.8) is 0 Å². The summed E-state index contributed by atoms with van der Waals surface area (Å²) in [4.78, 5) is 11.0. The third-order valence-corrected chi connectivity index (χ3v) is 4.50. The summed E-state index contributed by atoms with van der Waals surface area (Å²) in [7, 11) is 0. The average Bonchev–Trinajstić information content (AvgIpc) is 2.64. The van der Waals surface area contributed by atoms with E-state index < -0.39 is 23.1 Å². The Labute approximate surface area is 127 Å². The molecule has 0 aromatic rings. The van der Waals surface area contributed by atoms with Crippen LogP contribution in [0.4, 0.5) is 13.2 Å². The van der Waals surface area contributed by atoms with Crippen LogP contribution in [0.2, 0.25) is 0 Å². The van der Waals surface area contributed by atoms with Gasteiger partial charge in [0.1, 0.15) is 6.61 Å². The lowest BCUT2D eigenvalue weighted by Gasteiger charge is -2.24. The van der Waals surface area contributed by atoms with Gasteiger partial charge in [-0.05, 0) is 37.5 Å². The van der Waals surface area contributed by atoms with Crippen LogP contribution in [0.25, 0.3) is 0 Å². The highest BCUT2D eigenvalue weighted by molar-refractivity contribution is 5.66. The maximum Gasteiger partial charge on any atom is 0.416 e. The number of hydrogen-bond acceptors (Lipinski definition) is 3. The second-order valence-electron chi connectivity index (χ2n) is 6.06. The second-order valence-corrected chi connectivity index (χ2v) is 6.06. The Morgan fingerprint density at radius 1 is 1.41 bits per heavy atom. The molecule has 0 saturated heterocycles. The van der Waals surface area contributed by atoms with E-state index in [0.29, 0.717) is 25.7 Å². The van der Waals surface area contributed by atoms with Crippen molar-refractivity contribution in [2.24, 2.45) is 17.3 Å². The van der Waals surface area contributed by atoms with Crippen molar-refractivity contribution in [3.8, 4) is 6.07 Å². The summed E-state index contributed by atoms with van der Waals surface area (Å²) in [5.74, 6) is -0.650. The lowest BCUT2D eigenvalue weighted by molar-refractivity contribution is -0.143. The zero-order chi connectivity index (χ0) is 16.4. The van der Waals surface area contributed by atoms with Crippen molar-refractivity contribution >= 4 is 5.97 Å². The predicted molar refractivity (Wildman–Crippen MR) is 73.4 cm³/mol. The summed E-state index contributed by atoms with van der Waals surface area (Å²) in [5.41, 5.74) is -1.40. The normalized spacial score (nSPS) is 31.5. The quantitative estimate of drug-likeness (QED) is 0.726. The van der Waals surface area contributed by atoms with E-state index in [1.54, 1.807) is 6.08 Å². The number of esters is 1. The number of nitriles is 1. The summed E-state index contributed by atoms with van der Waals surface area (Å²) in [5, 5.41) is 9.44. The number of rotatable bonds is 2. The first-order valence-electron chi connectivity index (χ1n) is 7.28. The van der Waals surface area contributed by atoms with Crippen molar-refractivity contribution in [2.45, 2.75) is 38.8 Å². The molecule has 3 atom stereocenters. The maximum absolute atomic E-state index is 12.8. The summed E-state index contributed by atoms with van der Waals surface area (Å²) in [6.07, 6.45) is 1.76. The van der Waals surface area contributed by atoms with Gasteiger partial charge in [0, 0.05) is 6.92 Å². The van der Waals surface area contributed by atoms with E-state index in [9.17, 15) is 23.2 Å². The van der Waals surface area contributed by atoms with Gasteiger partial charge in [0.2, 0.25) is 0 Å². The SMILES string of the molecule is CC(=O)OCC1(C#N)CCC2C=CC(C(F)(F)F)=CC2CC1. The van der Waals surface area contributed by atoms with Gasteiger partial charge in [0.15, 0.2) is 0 Å². The molecule has 2 rings (SSSR count). The topological polar surface area (TPSA) is 50.1 Å². The van der Waals surface area contributed by atoms with Crippen molar-refractivity contribution < 1.29 is 22.7 Å². The van der Waals surface area contributed by atoms with Crippen LogP contribution in [-0.4, -0.2) is 18.8 Å². The first kappa shape index (κ1) is 16.6. The van der Waals surface area contributed by atoms with E-state index >= 15 is 0 Å². The van der Waals surface area contributed by atoms with Gasteiger partial charge in [0.25, 0.3) is 0 Å². The molecule has 2 aliphatic rings. The molecule has 0 spiro atoms. The van der Waals surface area contributed by atoms with E-state index in [-0.39, 0.29) is 18.4 Å². The molecular formula is C16H18F3NO2. The standard InChI is InChI=1S/C16H18F3NO2/c1-11(21)22-10-15(9-20)6-4-12-2-3-14(16(17,18)19)8-13(12)5-7-15/h2-3,8,12-13H,4-7,10H2,1H3. The molecule has 0 amide bonds. The number of carbonyl (C=O) groups excluding carboxylic acids is 1. The predicted octanol–water partition coefficient (Wildman–Crippen LogP) is 3.92. The van der Waals surface area contributed by atoms with Crippen molar-refractivity contribution in [1.82, 2.24) is 0 Å². The maximum atomic E-state index is 12.8. The van der Waals surface area contributed by atoms with Crippen LogP contribution in [0.1, 0.15) is 32.6 Å². The molecule has 3 nitrogen and oxygen atoms in total. The van der Waals surface area contributed by atoms with E-state index in [2.05, 4.69) is 6.07 Å². The summed E-state index contributed by atoms with van der Waals surface area (Å²) < 4.78 is 43.4. The zero-order valence-electron chi connectivity index (χ0n) is 12.3. The Kier molecular flexibility index (Phi) is 4.64. The van der Waals surface area contributed by atoms with Crippen molar-refractivity contribution in [1.29, 1.82) is 5.26 Å². The minimum atomic E-state index is -4.34. The summed E-state index contributed by atoms with van der Waals surface area (Å²) in [6.45, 7) is 1.29. The highest BCUT2D eigenvalue weighted by Crippen LogP contribution is 2.44. The monoisotopic (exact) mass is 313 g/mol. The Balaban J connectivity index is 2.13. The molecule has 0 radical (unpaired) electrons. The van der Waals surface area contributed by atoms with Crippen LogP contribution in [0.15, 0.2) is 23.8 Å². The highest BCUT2D eigenvalue weighted by atomic mass is 19.4. The second kappa shape index (κ2) is 6.15. The van der Waals surface area contributed by atoms with E-state index in [4.69, 9.17) is 4.74 Å². The summed E-state index contributed by atoms with van der Waals surface area (Å²) in [6, 6.07) is 2.22. The summed E-state index contributed by atoms with van der Waals surface area (Å²) >= 11 is 0. The number of nitrogens with zero attached hydrogens (tertiary/aromatic N) is 1. The third-order valence-electron chi connectivity index (χ3n) is 4.50. The van der Waals surface area contributed by atoms with Gasteiger partial charge >= 0.3 is 12.1 Å². The molecule has 0 heterocycles. The largest absolute Gasteiger partial charge is 0.464 e. The highest BCUT2D eigenvalue weighted by Gasteiger charge is 2.40. The molecule has 22 heavy (non-hydrogen) atoms. The molecule has 2 aliphatic carbocycles. The molecule has 0 aromatic heterocycles. The van der Waals surface area contributed by atoms with Crippen LogP contribution in [0.5, 0.6) is 0 Å². The Hall–Kier alpha value is -1.77. The van der Waals surface area contributed by atoms with Crippen molar-refractivity contribution in [3.05, 3.63) is 23.8 Å². The lowest BCUT2D eigenvalue weighted by Crippen LogP contribution is -2.26. The molecule has 0 aliphatic heterocycles. The van der Waals surface area contributed by atoms with Gasteiger partial charge in [-0.2, -0.15) is 18.4 Å². The molecule has 0 N–H and O–H groups in total. The van der Waals surface area contributed by atoms with Crippen LogP contribution in [0, 0.1) is 28.6 Å². The zero-order valence-corrected chi connectivity index (χ0v) is 12.3. The van der Waals surface area contributed by atoms with Gasteiger partial charge in [-0.3, -0.25) is 4.79 Å². The minimum Gasteiger partial charge on any atom is -0.464 e. The number of fused-ring (bicyclic) bond motifs is 1. The number of allylic oxidation sites excluding steroid dienone is 4. The lowest BCUT2D eigenvalue weighted by atomic mass is 9.82. The molecule has 1 fully saturated rings. The van der Waals surface area contributed by atoms with Gasteiger partial charge in [0.05, 0.1) is 17.1 Å². The van der Waals surface area contributed by atoms with E-state index in [1.165, 1.54) is 13.0 Å². The van der Waals surface area contributed by atoms with Gasteiger partial charge in [-0.1, -0.05) is 18.2 Å². The first-order chi connectivity index (χ1) is 10.3. The Bertz CT molecular complexity index is 545. The molecular weight excluding hydrogens is 295 g/mol. The first-order valence-corrected chi connectivity index (χ1v) is 7.28. The minimum absolute atomic E-state index is 0.0117. The van der Waals surface area contributed by atoms with Crippen LogP contribution in [0.3, 0.4) is 0 Å². The van der Waals surface area contributed by atoms with Crippen LogP contribution >= 0.6 is 0 Å². The van der Waals surface area contributed by atoms with E-state index in [1.807, 2.05) is 0 Å². The molecule has 0 aromatic carbocycles. The molecule has 1 saturated carbocycles. The van der Waals surface area contributed by atoms with Crippen LogP contribution in [-0.2, 0) is 9.53 Å². The van der Waals surface area contributed by atoms with Gasteiger partial charge in [-0.15, -0.1) is 0 Å². The van der Waals surface area contributed by atoms with Crippen LogP contribution < -0.4 is 0 Å². The smallest absolute Gasteiger partial charge is 0.416 e. The number of halogens is 3. The molecule has 3 unspecified atom stereocenters. The fraction of sp³-hybridized carbons (Fsp3) is 0.625. The molecule has 0 bridgehead atoms. The number of alkyl halides is 3. The fourth-order valence-electron chi connectivity index (χ4n) is 3.12. The van der Waals surface area contributed by atoms with Gasteiger partial charge < -0.3 is 4.74 Å². The average molecular weight is 313 g/mol. The Morgan fingerprint density at radius 2 is 2.05 bits per heavy atom. The number of hydrogen-bond donors (Lipinski definition) is 0. The van der Waals surface area contributed by atoms with Gasteiger partial charge in [-0.25, -0.2) is 0 Å². The number of carbonyl (C=O) groups is 1. The molecule has 6 heteroatoms. The third kappa shape index (κ3) is 3.70. The van der Waals surface area contributed by atoms with E-state index in [0.717, 1.165) is 6.08 Å². The van der Waals surface area contributed by atoms with Crippen molar-refractivity contribution in [2.75, 3.05) is 6.61 Å². The molecule has 120 valence electrons. The number of ether oxygens (including phenoxy) is 1.